The number of benzene rings is 3. The van der Waals surface area contributed by atoms with E-state index >= 15 is 0 Å². The van der Waals surface area contributed by atoms with Gasteiger partial charge in [-0.1, -0.05) is 30.3 Å². The van der Waals surface area contributed by atoms with Crippen molar-refractivity contribution in [3.8, 4) is 11.3 Å². The Labute approximate surface area is 243 Å². The van der Waals surface area contributed by atoms with E-state index in [4.69, 9.17) is 9.72 Å². The molecular weight excluding hydrogens is 532 g/mol. The number of rotatable bonds is 6. The molecule has 10 heteroatoms. The Morgan fingerprint density at radius 1 is 0.857 bits per heavy atom. The summed E-state index contributed by atoms with van der Waals surface area (Å²) in [6.07, 6.45) is 1.70. The fraction of sp³-hybridized carbons (Fsp3) is 0.250. The molecule has 2 aliphatic heterocycles. The van der Waals surface area contributed by atoms with E-state index in [0.717, 1.165) is 22.5 Å². The Kier molecular flexibility index (Phi) is 7.45. The molecule has 0 radical (unpaired) electrons. The number of para-hydroxylation sites is 1. The zero-order chi connectivity index (χ0) is 29.2. The summed E-state index contributed by atoms with van der Waals surface area (Å²) in [6, 6.07) is 22.4. The molecule has 0 spiro atoms. The molecule has 214 valence electrons. The molecule has 42 heavy (non-hydrogen) atoms. The standard InChI is InChI=1S/C32H32N6O4/c1-22-26(9-6-10-28(22)38-16-15-37(32(38)41)25-7-4-3-5-8-25)27-21-35(2)31(40)29(34-27)33-24-13-11-23(12-14-24)30(39)36-17-19-42-20-18-36/h3-14,21H,15-20H2,1-2H3,(H,33,34). The zero-order valence-electron chi connectivity index (χ0n) is 23.6. The first kappa shape index (κ1) is 27.2. The molecular formula is C32H32N6O4. The molecule has 1 N–H and O–H groups in total. The zero-order valence-corrected chi connectivity index (χ0v) is 23.6. The Bertz CT molecular complexity index is 1680. The van der Waals surface area contributed by atoms with E-state index in [1.807, 2.05) is 55.5 Å². The molecule has 1 aromatic heterocycles. The first-order valence-electron chi connectivity index (χ1n) is 14.0. The minimum Gasteiger partial charge on any atom is -0.378 e. The summed E-state index contributed by atoms with van der Waals surface area (Å²) in [7, 11) is 1.68. The van der Waals surface area contributed by atoms with Crippen molar-refractivity contribution in [2.75, 3.05) is 54.5 Å². The van der Waals surface area contributed by atoms with Crippen molar-refractivity contribution in [1.82, 2.24) is 14.5 Å². The summed E-state index contributed by atoms with van der Waals surface area (Å²) in [6.45, 7) is 5.35. The van der Waals surface area contributed by atoms with Crippen molar-refractivity contribution < 1.29 is 14.3 Å². The maximum absolute atomic E-state index is 13.4. The summed E-state index contributed by atoms with van der Waals surface area (Å²) >= 11 is 0. The number of nitrogens with zero attached hydrogens (tertiary/aromatic N) is 5. The van der Waals surface area contributed by atoms with Gasteiger partial charge < -0.3 is 19.5 Å². The Morgan fingerprint density at radius 3 is 2.31 bits per heavy atom. The summed E-state index contributed by atoms with van der Waals surface area (Å²) in [4.78, 5) is 49.2. The van der Waals surface area contributed by atoms with Gasteiger partial charge in [-0.15, -0.1) is 0 Å². The van der Waals surface area contributed by atoms with E-state index in [-0.39, 0.29) is 23.3 Å². The maximum atomic E-state index is 13.4. The van der Waals surface area contributed by atoms with E-state index < -0.39 is 0 Å². The monoisotopic (exact) mass is 564 g/mol. The predicted octanol–water partition coefficient (Wildman–Crippen LogP) is 4.42. The number of ether oxygens (including phenoxy) is 1. The third-order valence-corrected chi connectivity index (χ3v) is 7.71. The molecule has 0 aliphatic carbocycles. The van der Waals surface area contributed by atoms with Gasteiger partial charge in [0, 0.05) is 67.6 Å². The fourth-order valence-electron chi connectivity index (χ4n) is 5.40. The summed E-state index contributed by atoms with van der Waals surface area (Å²) in [5, 5.41) is 3.13. The molecule has 0 saturated carbocycles. The Hall–Kier alpha value is -4.96. The van der Waals surface area contributed by atoms with Crippen LogP contribution in [0.4, 0.5) is 27.7 Å². The van der Waals surface area contributed by atoms with Crippen molar-refractivity contribution >= 4 is 34.8 Å². The van der Waals surface area contributed by atoms with Crippen LogP contribution < -0.4 is 20.7 Å². The molecule has 6 rings (SSSR count). The molecule has 3 heterocycles. The first-order valence-corrected chi connectivity index (χ1v) is 14.0. The molecule has 0 unspecified atom stereocenters. The van der Waals surface area contributed by atoms with Crippen LogP contribution in [0, 0.1) is 6.92 Å². The van der Waals surface area contributed by atoms with Gasteiger partial charge in [0.05, 0.1) is 18.9 Å². The number of carbonyl (C=O) groups is 2. The number of aromatic nitrogens is 2. The van der Waals surface area contributed by atoms with Crippen molar-refractivity contribution in [2.24, 2.45) is 7.05 Å². The van der Waals surface area contributed by atoms with Crippen LogP contribution in [0.1, 0.15) is 15.9 Å². The van der Waals surface area contributed by atoms with Crippen LogP contribution in [0.25, 0.3) is 11.3 Å². The Balaban J connectivity index is 1.25. The van der Waals surface area contributed by atoms with Gasteiger partial charge >= 0.3 is 6.03 Å². The van der Waals surface area contributed by atoms with E-state index in [2.05, 4.69) is 5.32 Å². The lowest BCUT2D eigenvalue weighted by atomic mass is 10.0. The number of carbonyl (C=O) groups excluding carboxylic acids is 2. The predicted molar refractivity (Wildman–Crippen MR) is 163 cm³/mol. The number of hydrogen-bond acceptors (Lipinski definition) is 6. The smallest absolute Gasteiger partial charge is 0.329 e. The molecule has 2 aliphatic rings. The average molecular weight is 565 g/mol. The van der Waals surface area contributed by atoms with Gasteiger partial charge in [-0.3, -0.25) is 19.4 Å². The average Bonchev–Trinajstić information content (AvgIpc) is 3.41. The highest BCUT2D eigenvalue weighted by molar-refractivity contribution is 6.07. The third-order valence-electron chi connectivity index (χ3n) is 7.71. The number of urea groups is 1. The number of anilines is 4. The van der Waals surface area contributed by atoms with Crippen molar-refractivity contribution in [2.45, 2.75) is 6.92 Å². The molecule has 0 atom stereocenters. The highest BCUT2D eigenvalue weighted by Crippen LogP contribution is 2.33. The SMILES string of the molecule is Cc1c(-c2cn(C)c(=O)c(Nc3ccc(C(=O)N4CCOCC4)cc3)n2)cccc1N1CCN(c2ccccc2)C1=O. The van der Waals surface area contributed by atoms with Crippen molar-refractivity contribution in [3.63, 3.8) is 0 Å². The van der Waals surface area contributed by atoms with Crippen LogP contribution in [0.3, 0.4) is 0 Å². The van der Waals surface area contributed by atoms with Crippen LogP contribution in [0.5, 0.6) is 0 Å². The lowest BCUT2D eigenvalue weighted by Crippen LogP contribution is -2.40. The number of morpholine rings is 1. The minimum atomic E-state index is -0.283. The lowest BCUT2D eigenvalue weighted by molar-refractivity contribution is 0.0303. The molecule has 2 fully saturated rings. The number of nitrogens with one attached hydrogen (secondary N) is 1. The van der Waals surface area contributed by atoms with Gasteiger partial charge in [0.15, 0.2) is 5.82 Å². The quantitative estimate of drug-likeness (QED) is 0.372. The van der Waals surface area contributed by atoms with Gasteiger partial charge in [0.25, 0.3) is 11.5 Å². The van der Waals surface area contributed by atoms with Gasteiger partial charge in [0.1, 0.15) is 0 Å². The van der Waals surface area contributed by atoms with Crippen LogP contribution >= 0.6 is 0 Å². The van der Waals surface area contributed by atoms with E-state index in [1.54, 1.807) is 52.2 Å². The van der Waals surface area contributed by atoms with Crippen molar-refractivity contribution in [1.29, 1.82) is 0 Å². The van der Waals surface area contributed by atoms with Gasteiger partial charge in [-0.05, 0) is 55.0 Å². The first-order chi connectivity index (χ1) is 20.4. The molecule has 4 aromatic rings. The highest BCUT2D eigenvalue weighted by Gasteiger charge is 2.32. The van der Waals surface area contributed by atoms with E-state index in [0.29, 0.717) is 56.3 Å². The molecule has 2 saturated heterocycles. The molecule has 0 bridgehead atoms. The fourth-order valence-corrected chi connectivity index (χ4v) is 5.40. The van der Waals surface area contributed by atoms with Gasteiger partial charge in [0.2, 0.25) is 0 Å². The Morgan fingerprint density at radius 2 is 1.57 bits per heavy atom. The van der Waals surface area contributed by atoms with Crippen LogP contribution in [-0.4, -0.2) is 65.8 Å². The third kappa shape index (κ3) is 5.24. The van der Waals surface area contributed by atoms with Crippen molar-refractivity contribution in [3.05, 3.63) is 100 Å². The molecule has 10 nitrogen and oxygen atoms in total. The normalized spacial score (nSPS) is 15.3. The molecule has 3 aromatic carbocycles. The van der Waals surface area contributed by atoms with E-state index in [1.165, 1.54) is 4.57 Å². The van der Waals surface area contributed by atoms with Crippen LogP contribution in [-0.2, 0) is 11.8 Å². The highest BCUT2D eigenvalue weighted by atomic mass is 16.5. The number of aryl methyl sites for hydroxylation is 1. The van der Waals surface area contributed by atoms with Crippen LogP contribution in [0.15, 0.2) is 83.8 Å². The minimum absolute atomic E-state index is 0.0420. The summed E-state index contributed by atoms with van der Waals surface area (Å²) in [5.41, 5.74) is 4.93. The van der Waals surface area contributed by atoms with Crippen LogP contribution in [0.2, 0.25) is 0 Å². The number of amides is 3. The lowest BCUT2D eigenvalue weighted by Gasteiger charge is -2.26. The largest absolute Gasteiger partial charge is 0.378 e. The molecule has 3 amide bonds. The summed E-state index contributed by atoms with van der Waals surface area (Å²) < 4.78 is 6.83. The van der Waals surface area contributed by atoms with E-state index in [9.17, 15) is 14.4 Å². The topological polar surface area (TPSA) is 100 Å². The van der Waals surface area contributed by atoms with Gasteiger partial charge in [-0.2, -0.15) is 0 Å². The second-order valence-corrected chi connectivity index (χ2v) is 10.4. The maximum Gasteiger partial charge on any atom is 0.329 e. The van der Waals surface area contributed by atoms with Gasteiger partial charge in [-0.25, -0.2) is 9.78 Å². The number of hydrogen-bond donors (Lipinski definition) is 1. The summed E-state index contributed by atoms with van der Waals surface area (Å²) in [5.74, 6) is 0.124. The second-order valence-electron chi connectivity index (χ2n) is 10.4. The second kappa shape index (κ2) is 11.5.